The molecule has 1 aromatic rings. The molecular weight excluding hydrogens is 308 g/mol. The Labute approximate surface area is 142 Å². The van der Waals surface area contributed by atoms with Crippen LogP contribution in [0.2, 0.25) is 0 Å². The van der Waals surface area contributed by atoms with Gasteiger partial charge >= 0.3 is 0 Å². The number of rotatable bonds is 6. The van der Waals surface area contributed by atoms with Crippen molar-refractivity contribution < 1.29 is 9.59 Å². The Kier molecular flexibility index (Phi) is 6.96. The maximum absolute atomic E-state index is 12.0. The van der Waals surface area contributed by atoms with Crippen LogP contribution < -0.4 is 10.6 Å². The molecule has 0 aliphatic heterocycles. The third kappa shape index (κ3) is 6.26. The molecule has 0 bridgehead atoms. The third-order valence-corrected chi connectivity index (χ3v) is 5.19. The summed E-state index contributed by atoms with van der Waals surface area (Å²) < 4.78 is 0. The lowest BCUT2D eigenvalue weighted by molar-refractivity contribution is -0.119. The minimum Gasteiger partial charge on any atom is -0.352 e. The fourth-order valence-electron chi connectivity index (χ4n) is 2.85. The Balaban J connectivity index is 1.64. The molecule has 1 aliphatic rings. The van der Waals surface area contributed by atoms with Crippen molar-refractivity contribution in [3.63, 3.8) is 0 Å². The summed E-state index contributed by atoms with van der Waals surface area (Å²) in [4.78, 5) is 23.8. The number of benzene rings is 1. The zero-order chi connectivity index (χ0) is 16.7. The number of thioether (sulfide) groups is 1. The molecule has 1 saturated carbocycles. The van der Waals surface area contributed by atoms with Crippen LogP contribution in [0.5, 0.6) is 0 Å². The molecule has 4 nitrogen and oxygen atoms in total. The van der Waals surface area contributed by atoms with Gasteiger partial charge in [-0.1, -0.05) is 37.5 Å². The van der Waals surface area contributed by atoms with Gasteiger partial charge in [-0.05, 0) is 37.8 Å². The van der Waals surface area contributed by atoms with Gasteiger partial charge in [0.15, 0.2) is 0 Å². The fraction of sp³-hybridized carbons (Fsp3) is 0.556. The van der Waals surface area contributed by atoms with Crippen molar-refractivity contribution in [2.24, 2.45) is 5.92 Å². The second-order valence-electron chi connectivity index (χ2n) is 6.34. The van der Waals surface area contributed by atoms with Gasteiger partial charge in [0.1, 0.15) is 0 Å². The molecule has 23 heavy (non-hydrogen) atoms. The lowest BCUT2D eigenvalue weighted by Crippen LogP contribution is -2.42. The molecule has 2 unspecified atom stereocenters. The van der Waals surface area contributed by atoms with Crippen LogP contribution in [0, 0.1) is 12.8 Å². The van der Waals surface area contributed by atoms with Crippen molar-refractivity contribution in [2.75, 3.05) is 16.8 Å². The molecule has 0 heterocycles. The molecule has 1 aliphatic carbocycles. The molecule has 2 N–H and O–H groups in total. The second-order valence-corrected chi connectivity index (χ2v) is 7.33. The summed E-state index contributed by atoms with van der Waals surface area (Å²) in [7, 11) is 0. The van der Waals surface area contributed by atoms with E-state index in [4.69, 9.17) is 0 Å². The van der Waals surface area contributed by atoms with Crippen molar-refractivity contribution in [1.82, 2.24) is 5.32 Å². The Morgan fingerprint density at radius 1 is 1.09 bits per heavy atom. The van der Waals surface area contributed by atoms with Crippen molar-refractivity contribution >= 4 is 29.3 Å². The first-order valence-corrected chi connectivity index (χ1v) is 9.43. The summed E-state index contributed by atoms with van der Waals surface area (Å²) in [5, 5.41) is 5.95. The maximum Gasteiger partial charge on any atom is 0.234 e. The lowest BCUT2D eigenvalue weighted by Gasteiger charge is -2.29. The van der Waals surface area contributed by atoms with Crippen molar-refractivity contribution in [3.05, 3.63) is 29.8 Å². The largest absolute Gasteiger partial charge is 0.352 e. The Bertz CT molecular complexity index is 530. The average molecular weight is 334 g/mol. The lowest BCUT2D eigenvalue weighted by atomic mass is 9.86. The van der Waals surface area contributed by atoms with Crippen molar-refractivity contribution in [3.8, 4) is 0 Å². The number of carbonyl (C=O) groups is 2. The molecule has 0 spiro atoms. The zero-order valence-corrected chi connectivity index (χ0v) is 14.7. The first kappa shape index (κ1) is 17.9. The first-order valence-electron chi connectivity index (χ1n) is 8.28. The van der Waals surface area contributed by atoms with Crippen molar-refractivity contribution in [1.29, 1.82) is 0 Å². The average Bonchev–Trinajstić information content (AvgIpc) is 2.52. The minimum absolute atomic E-state index is 0.0388. The summed E-state index contributed by atoms with van der Waals surface area (Å²) in [6.45, 7) is 4.21. The quantitative estimate of drug-likeness (QED) is 0.838. The van der Waals surface area contributed by atoms with E-state index in [9.17, 15) is 9.59 Å². The molecule has 0 radical (unpaired) electrons. The highest BCUT2D eigenvalue weighted by Crippen LogP contribution is 2.23. The Hall–Kier alpha value is -1.49. The number of nitrogens with one attached hydrogen (secondary N) is 2. The van der Waals surface area contributed by atoms with Gasteiger partial charge in [0, 0.05) is 11.7 Å². The number of hydrogen-bond acceptors (Lipinski definition) is 3. The molecule has 1 fully saturated rings. The van der Waals surface area contributed by atoms with E-state index in [1.54, 1.807) is 0 Å². The molecule has 0 saturated heterocycles. The van der Waals surface area contributed by atoms with E-state index in [0.717, 1.165) is 17.7 Å². The van der Waals surface area contributed by atoms with Crippen LogP contribution in [0.25, 0.3) is 0 Å². The first-order chi connectivity index (χ1) is 11.0. The van der Waals surface area contributed by atoms with Gasteiger partial charge in [0.05, 0.1) is 11.5 Å². The molecule has 1 aromatic carbocycles. The van der Waals surface area contributed by atoms with Gasteiger partial charge in [-0.25, -0.2) is 0 Å². The second kappa shape index (κ2) is 8.96. The summed E-state index contributed by atoms with van der Waals surface area (Å²) in [5.41, 5.74) is 1.95. The van der Waals surface area contributed by atoms with E-state index < -0.39 is 0 Å². The van der Waals surface area contributed by atoms with E-state index in [1.807, 2.05) is 31.2 Å². The number of anilines is 1. The molecule has 2 atom stereocenters. The van der Waals surface area contributed by atoms with Crippen LogP contribution in [0.15, 0.2) is 24.3 Å². The van der Waals surface area contributed by atoms with Gasteiger partial charge in [-0.15, -0.1) is 11.8 Å². The molecule has 5 heteroatoms. The summed E-state index contributed by atoms with van der Waals surface area (Å²) in [6, 6.07) is 7.99. The topological polar surface area (TPSA) is 58.2 Å². The monoisotopic (exact) mass is 334 g/mol. The maximum atomic E-state index is 12.0. The van der Waals surface area contributed by atoms with Crippen LogP contribution in [-0.4, -0.2) is 29.4 Å². The van der Waals surface area contributed by atoms with Crippen LogP contribution in [0.3, 0.4) is 0 Å². The molecule has 2 rings (SSSR count). The van der Waals surface area contributed by atoms with Gasteiger partial charge in [0.25, 0.3) is 0 Å². The highest BCUT2D eigenvalue weighted by molar-refractivity contribution is 8.00. The van der Waals surface area contributed by atoms with E-state index in [2.05, 4.69) is 17.6 Å². The van der Waals surface area contributed by atoms with Gasteiger partial charge < -0.3 is 10.6 Å². The highest BCUT2D eigenvalue weighted by Gasteiger charge is 2.22. The van der Waals surface area contributed by atoms with Gasteiger partial charge in [0.2, 0.25) is 11.8 Å². The van der Waals surface area contributed by atoms with Crippen LogP contribution in [0.4, 0.5) is 5.69 Å². The van der Waals surface area contributed by atoms with Gasteiger partial charge in [-0.2, -0.15) is 0 Å². The van der Waals surface area contributed by atoms with Crippen molar-refractivity contribution in [2.45, 2.75) is 45.6 Å². The minimum atomic E-state index is -0.0716. The third-order valence-electron chi connectivity index (χ3n) is 4.26. The van der Waals surface area contributed by atoms with Gasteiger partial charge in [-0.3, -0.25) is 9.59 Å². The number of amides is 2. The number of carbonyl (C=O) groups excluding carboxylic acids is 2. The summed E-state index contributed by atoms with van der Waals surface area (Å²) in [5.74, 6) is 1.16. The summed E-state index contributed by atoms with van der Waals surface area (Å²) in [6.07, 6.45) is 4.73. The smallest absolute Gasteiger partial charge is 0.234 e. The predicted octanol–water partition coefficient (Wildman–Crippen LogP) is 3.36. The normalized spacial score (nSPS) is 20.8. The fourth-order valence-corrected chi connectivity index (χ4v) is 3.48. The van der Waals surface area contributed by atoms with Crippen LogP contribution in [-0.2, 0) is 9.59 Å². The standard InChI is InChI=1S/C18H26N2O2S/c1-13-7-9-15(10-8-13)19-17(21)11-23-12-18(22)20-16-6-4-3-5-14(16)2/h7-10,14,16H,3-6,11-12H2,1-2H3,(H,19,21)(H,20,22). The zero-order valence-electron chi connectivity index (χ0n) is 13.9. The Morgan fingerprint density at radius 2 is 1.74 bits per heavy atom. The summed E-state index contributed by atoms with van der Waals surface area (Å²) >= 11 is 1.36. The molecular formula is C18H26N2O2S. The van der Waals surface area contributed by atoms with E-state index in [1.165, 1.54) is 31.0 Å². The number of hydrogen-bond donors (Lipinski definition) is 2. The number of aryl methyl sites for hydroxylation is 1. The SMILES string of the molecule is Cc1ccc(NC(=O)CSCC(=O)NC2CCCCC2C)cc1. The molecule has 2 amide bonds. The molecule has 0 aromatic heterocycles. The predicted molar refractivity (Wildman–Crippen MR) is 96.7 cm³/mol. The highest BCUT2D eigenvalue weighted by atomic mass is 32.2. The van der Waals surface area contributed by atoms with Crippen LogP contribution >= 0.6 is 11.8 Å². The Morgan fingerprint density at radius 3 is 2.43 bits per heavy atom. The van der Waals surface area contributed by atoms with E-state index in [0.29, 0.717) is 23.5 Å². The van der Waals surface area contributed by atoms with Crippen LogP contribution in [0.1, 0.15) is 38.2 Å². The van der Waals surface area contributed by atoms with E-state index in [-0.39, 0.29) is 11.8 Å². The van der Waals surface area contributed by atoms with E-state index >= 15 is 0 Å². The molecule has 126 valence electrons.